The Balaban J connectivity index is 1.84. The minimum atomic E-state index is 0.227. The first-order valence-electron chi connectivity index (χ1n) is 7.05. The lowest BCUT2D eigenvalue weighted by molar-refractivity contribution is 0.653. The van der Waals surface area contributed by atoms with E-state index in [9.17, 15) is 0 Å². The van der Waals surface area contributed by atoms with E-state index in [0.717, 1.165) is 25.8 Å². The molecule has 0 aromatic heterocycles. The number of allylic oxidation sites excluding steroid dienone is 2. The standard InChI is InChI=1S/C18H20N2/c1-2-18(17-6-4-3-5-7-17)20-13-12-15-8-10-16(14-19)11-9-15/h2,4,6-11,18,20H,1,3,5,12-13H2. The Kier molecular flexibility index (Phi) is 5.34. The SMILES string of the molecule is C=CC(NCCc1ccc(C#N)cc1)C1=CCCC=C1. The molecule has 0 fully saturated rings. The Hall–Kier alpha value is -2.11. The van der Waals surface area contributed by atoms with Crippen molar-refractivity contribution in [1.29, 1.82) is 5.26 Å². The van der Waals surface area contributed by atoms with Crippen LogP contribution in [-0.2, 0) is 6.42 Å². The Bertz CT molecular complexity index is 544. The fourth-order valence-electron chi connectivity index (χ4n) is 2.32. The lowest BCUT2D eigenvalue weighted by Crippen LogP contribution is -2.30. The van der Waals surface area contributed by atoms with Gasteiger partial charge in [-0.15, -0.1) is 6.58 Å². The van der Waals surface area contributed by atoms with E-state index in [1.807, 2.05) is 30.3 Å². The Morgan fingerprint density at radius 1 is 1.30 bits per heavy atom. The minimum absolute atomic E-state index is 0.227. The summed E-state index contributed by atoms with van der Waals surface area (Å²) in [4.78, 5) is 0. The molecule has 0 saturated carbocycles. The molecule has 0 spiro atoms. The molecule has 0 heterocycles. The maximum absolute atomic E-state index is 8.77. The van der Waals surface area contributed by atoms with Crippen molar-refractivity contribution in [2.24, 2.45) is 0 Å². The van der Waals surface area contributed by atoms with Crippen molar-refractivity contribution in [1.82, 2.24) is 5.32 Å². The predicted octanol–water partition coefficient (Wildman–Crippen LogP) is 3.52. The summed E-state index contributed by atoms with van der Waals surface area (Å²) in [5.74, 6) is 0. The van der Waals surface area contributed by atoms with Crippen molar-refractivity contribution >= 4 is 0 Å². The van der Waals surface area contributed by atoms with Crippen LogP contribution in [0.2, 0.25) is 0 Å². The second-order valence-electron chi connectivity index (χ2n) is 4.91. The van der Waals surface area contributed by atoms with Crippen LogP contribution >= 0.6 is 0 Å². The predicted molar refractivity (Wildman–Crippen MR) is 83.3 cm³/mol. The first-order valence-corrected chi connectivity index (χ1v) is 7.05. The molecule has 0 saturated heterocycles. The zero-order valence-electron chi connectivity index (χ0n) is 11.7. The molecule has 1 N–H and O–H groups in total. The fourth-order valence-corrected chi connectivity index (χ4v) is 2.32. The number of nitrogens with one attached hydrogen (secondary N) is 1. The van der Waals surface area contributed by atoms with Crippen molar-refractivity contribution in [2.45, 2.75) is 25.3 Å². The van der Waals surface area contributed by atoms with Crippen LogP contribution in [0.1, 0.15) is 24.0 Å². The summed E-state index contributed by atoms with van der Waals surface area (Å²) < 4.78 is 0. The minimum Gasteiger partial charge on any atom is -0.306 e. The Morgan fingerprint density at radius 2 is 2.10 bits per heavy atom. The largest absolute Gasteiger partial charge is 0.306 e. The monoisotopic (exact) mass is 264 g/mol. The van der Waals surface area contributed by atoms with Gasteiger partial charge >= 0.3 is 0 Å². The molecule has 1 unspecified atom stereocenters. The van der Waals surface area contributed by atoms with E-state index < -0.39 is 0 Å². The summed E-state index contributed by atoms with van der Waals surface area (Å²) in [6, 6.07) is 10.1. The molecule has 20 heavy (non-hydrogen) atoms. The molecule has 0 radical (unpaired) electrons. The van der Waals surface area contributed by atoms with E-state index in [0.29, 0.717) is 5.56 Å². The van der Waals surface area contributed by atoms with E-state index in [-0.39, 0.29) is 6.04 Å². The Morgan fingerprint density at radius 3 is 2.70 bits per heavy atom. The zero-order valence-corrected chi connectivity index (χ0v) is 11.7. The van der Waals surface area contributed by atoms with Crippen LogP contribution in [-0.4, -0.2) is 12.6 Å². The number of nitriles is 1. The van der Waals surface area contributed by atoms with Gasteiger partial charge in [-0.3, -0.25) is 0 Å². The topological polar surface area (TPSA) is 35.8 Å². The second kappa shape index (κ2) is 7.47. The summed E-state index contributed by atoms with van der Waals surface area (Å²) >= 11 is 0. The molecular weight excluding hydrogens is 244 g/mol. The third-order valence-electron chi connectivity index (χ3n) is 3.48. The van der Waals surface area contributed by atoms with Crippen molar-refractivity contribution in [3.8, 4) is 6.07 Å². The quantitative estimate of drug-likeness (QED) is 0.798. The lowest BCUT2D eigenvalue weighted by atomic mass is 10.00. The molecule has 2 nitrogen and oxygen atoms in total. The van der Waals surface area contributed by atoms with Crippen LogP contribution in [0, 0.1) is 11.3 Å². The number of hydrogen-bond acceptors (Lipinski definition) is 2. The third kappa shape index (κ3) is 3.94. The van der Waals surface area contributed by atoms with Crippen molar-refractivity contribution in [3.05, 3.63) is 71.8 Å². The molecule has 0 amide bonds. The van der Waals surface area contributed by atoms with Crippen molar-refractivity contribution in [3.63, 3.8) is 0 Å². The molecule has 0 bridgehead atoms. The van der Waals surface area contributed by atoms with E-state index in [4.69, 9.17) is 5.26 Å². The van der Waals surface area contributed by atoms with Gasteiger partial charge in [0.15, 0.2) is 0 Å². The van der Waals surface area contributed by atoms with Crippen molar-refractivity contribution in [2.75, 3.05) is 6.54 Å². The van der Waals surface area contributed by atoms with Gasteiger partial charge in [-0.05, 0) is 42.5 Å². The summed E-state index contributed by atoms with van der Waals surface area (Å²) in [5.41, 5.74) is 3.27. The summed E-state index contributed by atoms with van der Waals surface area (Å²) in [6.07, 6.45) is 11.8. The van der Waals surface area contributed by atoms with Gasteiger partial charge in [0.2, 0.25) is 0 Å². The number of nitrogens with zero attached hydrogens (tertiary/aromatic N) is 1. The molecule has 102 valence electrons. The average Bonchev–Trinajstić information content (AvgIpc) is 2.53. The van der Waals surface area contributed by atoms with Gasteiger partial charge in [0.25, 0.3) is 0 Å². The molecule has 1 aliphatic rings. The van der Waals surface area contributed by atoms with Gasteiger partial charge in [-0.25, -0.2) is 0 Å². The van der Waals surface area contributed by atoms with Gasteiger partial charge in [-0.1, -0.05) is 36.4 Å². The second-order valence-corrected chi connectivity index (χ2v) is 4.91. The molecule has 1 aromatic carbocycles. The molecule has 1 aliphatic carbocycles. The molecule has 1 aromatic rings. The van der Waals surface area contributed by atoms with E-state index in [1.165, 1.54) is 11.1 Å². The highest BCUT2D eigenvalue weighted by Gasteiger charge is 2.08. The number of benzene rings is 1. The van der Waals surface area contributed by atoms with Crippen molar-refractivity contribution < 1.29 is 0 Å². The van der Waals surface area contributed by atoms with Crippen LogP contribution in [0.4, 0.5) is 0 Å². The Labute approximate surface area is 121 Å². The van der Waals surface area contributed by atoms with Gasteiger partial charge in [0.1, 0.15) is 0 Å². The number of rotatable bonds is 6. The fraction of sp³-hybridized carbons (Fsp3) is 0.278. The summed E-state index contributed by atoms with van der Waals surface area (Å²) in [6.45, 7) is 4.81. The van der Waals surface area contributed by atoms with Gasteiger partial charge in [-0.2, -0.15) is 5.26 Å². The molecule has 1 atom stereocenters. The summed E-state index contributed by atoms with van der Waals surface area (Å²) in [5, 5.41) is 12.3. The molecule has 2 heteroatoms. The highest BCUT2D eigenvalue weighted by Crippen LogP contribution is 2.14. The lowest BCUT2D eigenvalue weighted by Gasteiger charge is -2.18. The van der Waals surface area contributed by atoms with Gasteiger partial charge in [0.05, 0.1) is 11.6 Å². The first-order chi connectivity index (χ1) is 9.83. The van der Waals surface area contributed by atoms with Gasteiger partial charge < -0.3 is 5.32 Å². The zero-order chi connectivity index (χ0) is 14.2. The van der Waals surface area contributed by atoms with Crippen LogP contribution in [0.3, 0.4) is 0 Å². The van der Waals surface area contributed by atoms with E-state index in [2.05, 4.69) is 36.2 Å². The number of hydrogen-bond donors (Lipinski definition) is 1. The molecule has 2 rings (SSSR count). The maximum atomic E-state index is 8.77. The average molecular weight is 264 g/mol. The first kappa shape index (κ1) is 14.3. The van der Waals surface area contributed by atoms with Crippen LogP contribution in [0.5, 0.6) is 0 Å². The third-order valence-corrected chi connectivity index (χ3v) is 3.48. The molecule has 0 aliphatic heterocycles. The highest BCUT2D eigenvalue weighted by atomic mass is 14.9. The normalized spacial score (nSPS) is 15.2. The van der Waals surface area contributed by atoms with Crippen LogP contribution in [0.25, 0.3) is 0 Å². The molecular formula is C18H20N2. The van der Waals surface area contributed by atoms with Crippen LogP contribution in [0.15, 0.2) is 60.7 Å². The maximum Gasteiger partial charge on any atom is 0.0991 e. The van der Waals surface area contributed by atoms with E-state index in [1.54, 1.807) is 0 Å². The van der Waals surface area contributed by atoms with Gasteiger partial charge in [0, 0.05) is 12.6 Å². The smallest absolute Gasteiger partial charge is 0.0991 e. The van der Waals surface area contributed by atoms with E-state index >= 15 is 0 Å². The van der Waals surface area contributed by atoms with Crippen LogP contribution < -0.4 is 5.32 Å². The summed E-state index contributed by atoms with van der Waals surface area (Å²) in [7, 11) is 0. The highest BCUT2D eigenvalue weighted by molar-refractivity contribution is 5.32.